The van der Waals surface area contributed by atoms with Crippen molar-refractivity contribution in [2.75, 3.05) is 4.90 Å². The smallest absolute Gasteiger partial charge is 0.170 e. The Morgan fingerprint density at radius 3 is 2.28 bits per heavy atom. The monoisotopic (exact) mass is 393 g/mol. The molecule has 0 saturated heterocycles. The van der Waals surface area contributed by atoms with Gasteiger partial charge in [0.2, 0.25) is 0 Å². The SMILES string of the molecule is c1cc(-c2nc3ncccc3s2)cc(N2c3ccccc3Oc3ccccc32)c1. The normalized spacial score (nSPS) is 12.3. The summed E-state index contributed by atoms with van der Waals surface area (Å²) in [5, 5.41) is 0.968. The summed E-state index contributed by atoms with van der Waals surface area (Å²) >= 11 is 1.66. The first kappa shape index (κ1) is 16.3. The minimum absolute atomic E-state index is 0.792. The first-order chi connectivity index (χ1) is 14.4. The van der Waals surface area contributed by atoms with Crippen LogP contribution in [0.5, 0.6) is 11.5 Å². The zero-order valence-corrected chi connectivity index (χ0v) is 16.1. The van der Waals surface area contributed by atoms with Crippen LogP contribution < -0.4 is 9.64 Å². The molecule has 29 heavy (non-hydrogen) atoms. The minimum Gasteiger partial charge on any atom is -0.453 e. The van der Waals surface area contributed by atoms with E-state index in [1.54, 1.807) is 17.5 Å². The minimum atomic E-state index is 0.792. The number of para-hydroxylation sites is 4. The van der Waals surface area contributed by atoms with E-state index in [0.717, 1.165) is 49.5 Å². The van der Waals surface area contributed by atoms with Gasteiger partial charge in [-0.2, -0.15) is 0 Å². The summed E-state index contributed by atoms with van der Waals surface area (Å²) in [6, 6.07) is 28.7. The molecular weight excluding hydrogens is 378 g/mol. The summed E-state index contributed by atoms with van der Waals surface area (Å²) in [5.41, 5.74) is 4.98. The van der Waals surface area contributed by atoms with Gasteiger partial charge in [0, 0.05) is 17.4 Å². The van der Waals surface area contributed by atoms with Gasteiger partial charge in [-0.1, -0.05) is 36.4 Å². The molecule has 0 N–H and O–H groups in total. The molecular formula is C24H15N3OS. The van der Waals surface area contributed by atoms with E-state index in [9.17, 15) is 0 Å². The van der Waals surface area contributed by atoms with Crippen LogP contribution in [0.2, 0.25) is 0 Å². The summed E-state index contributed by atoms with van der Waals surface area (Å²) in [4.78, 5) is 11.3. The highest BCUT2D eigenvalue weighted by molar-refractivity contribution is 7.21. The third-order valence-electron chi connectivity index (χ3n) is 4.95. The number of aromatic nitrogens is 2. The number of benzene rings is 3. The van der Waals surface area contributed by atoms with Crippen molar-refractivity contribution in [3.63, 3.8) is 0 Å². The van der Waals surface area contributed by atoms with Crippen LogP contribution >= 0.6 is 11.3 Å². The van der Waals surface area contributed by atoms with Crippen molar-refractivity contribution in [2.24, 2.45) is 0 Å². The Morgan fingerprint density at radius 1 is 0.759 bits per heavy atom. The predicted molar refractivity (Wildman–Crippen MR) is 118 cm³/mol. The van der Waals surface area contributed by atoms with E-state index in [1.165, 1.54) is 0 Å². The molecule has 0 bridgehead atoms. The molecule has 1 aliphatic heterocycles. The Bertz CT molecular complexity index is 1280. The van der Waals surface area contributed by atoms with Crippen molar-refractivity contribution in [1.29, 1.82) is 0 Å². The molecule has 1 aliphatic rings. The van der Waals surface area contributed by atoms with Crippen LogP contribution in [-0.2, 0) is 0 Å². The summed E-state index contributed by atoms with van der Waals surface area (Å²) < 4.78 is 7.22. The van der Waals surface area contributed by atoms with Crippen LogP contribution in [0.15, 0.2) is 91.1 Å². The average molecular weight is 393 g/mol. The molecule has 0 unspecified atom stereocenters. The second kappa shape index (κ2) is 6.43. The molecule has 0 radical (unpaired) electrons. The van der Waals surface area contributed by atoms with Gasteiger partial charge in [0.05, 0.1) is 16.1 Å². The van der Waals surface area contributed by atoms with Crippen LogP contribution in [0.1, 0.15) is 0 Å². The maximum Gasteiger partial charge on any atom is 0.170 e. The number of hydrogen-bond donors (Lipinski definition) is 0. The third kappa shape index (κ3) is 2.67. The van der Waals surface area contributed by atoms with Crippen molar-refractivity contribution in [2.45, 2.75) is 0 Å². The summed E-state index contributed by atoms with van der Waals surface area (Å²) in [5.74, 6) is 1.70. The Labute approximate surface area is 171 Å². The molecule has 4 nitrogen and oxygen atoms in total. The van der Waals surface area contributed by atoms with Gasteiger partial charge in [0.1, 0.15) is 5.01 Å². The first-order valence-electron chi connectivity index (χ1n) is 9.35. The lowest BCUT2D eigenvalue weighted by Gasteiger charge is -2.32. The fourth-order valence-corrected chi connectivity index (χ4v) is 4.57. The van der Waals surface area contributed by atoms with E-state index >= 15 is 0 Å². The van der Waals surface area contributed by atoms with E-state index < -0.39 is 0 Å². The average Bonchev–Trinajstić information content (AvgIpc) is 3.22. The van der Waals surface area contributed by atoms with Gasteiger partial charge in [-0.15, -0.1) is 11.3 Å². The van der Waals surface area contributed by atoms with Crippen LogP contribution in [0, 0.1) is 0 Å². The number of pyridine rings is 1. The molecule has 0 atom stereocenters. The van der Waals surface area contributed by atoms with E-state index in [1.807, 2.05) is 42.5 Å². The maximum atomic E-state index is 6.12. The van der Waals surface area contributed by atoms with Crippen molar-refractivity contribution in [3.05, 3.63) is 91.1 Å². The van der Waals surface area contributed by atoms with Crippen molar-refractivity contribution in [3.8, 4) is 22.1 Å². The molecule has 0 amide bonds. The molecule has 0 aliphatic carbocycles. The quantitative estimate of drug-likeness (QED) is 0.319. The lowest BCUT2D eigenvalue weighted by Crippen LogP contribution is -2.15. The highest BCUT2D eigenvalue weighted by atomic mass is 32.1. The fraction of sp³-hybridized carbons (Fsp3) is 0. The van der Waals surface area contributed by atoms with E-state index in [0.29, 0.717) is 0 Å². The summed E-state index contributed by atoms with van der Waals surface area (Å²) in [6.45, 7) is 0. The van der Waals surface area contributed by atoms with Gasteiger partial charge in [-0.3, -0.25) is 0 Å². The number of nitrogens with zero attached hydrogens (tertiary/aromatic N) is 3. The van der Waals surface area contributed by atoms with E-state index in [2.05, 4.69) is 52.3 Å². The maximum absolute atomic E-state index is 6.12. The van der Waals surface area contributed by atoms with Crippen LogP contribution in [0.3, 0.4) is 0 Å². The number of thiazole rings is 1. The zero-order chi connectivity index (χ0) is 19.2. The molecule has 5 heteroatoms. The Morgan fingerprint density at radius 2 is 1.52 bits per heavy atom. The highest BCUT2D eigenvalue weighted by Gasteiger charge is 2.25. The fourth-order valence-electron chi connectivity index (χ4n) is 3.65. The van der Waals surface area contributed by atoms with Gasteiger partial charge in [-0.05, 0) is 48.5 Å². The molecule has 0 spiro atoms. The third-order valence-corrected chi connectivity index (χ3v) is 6.01. The molecule has 0 fully saturated rings. The van der Waals surface area contributed by atoms with Crippen LogP contribution in [0.25, 0.3) is 20.9 Å². The molecule has 3 aromatic carbocycles. The van der Waals surface area contributed by atoms with Crippen molar-refractivity contribution in [1.82, 2.24) is 9.97 Å². The van der Waals surface area contributed by atoms with Gasteiger partial charge < -0.3 is 9.64 Å². The summed E-state index contributed by atoms with van der Waals surface area (Å²) in [6.07, 6.45) is 1.78. The summed E-state index contributed by atoms with van der Waals surface area (Å²) in [7, 11) is 0. The molecule has 0 saturated carbocycles. The number of ether oxygens (including phenoxy) is 1. The predicted octanol–water partition coefficient (Wildman–Crippen LogP) is 6.93. The van der Waals surface area contributed by atoms with Crippen LogP contribution in [-0.4, -0.2) is 9.97 Å². The van der Waals surface area contributed by atoms with E-state index in [4.69, 9.17) is 9.72 Å². The second-order valence-electron chi connectivity index (χ2n) is 6.77. The second-order valence-corrected chi connectivity index (χ2v) is 7.80. The molecule has 2 aromatic heterocycles. The number of rotatable bonds is 2. The molecule has 3 heterocycles. The van der Waals surface area contributed by atoms with Crippen molar-refractivity contribution < 1.29 is 4.74 Å². The topological polar surface area (TPSA) is 38.2 Å². The molecule has 6 rings (SSSR count). The van der Waals surface area contributed by atoms with Gasteiger partial charge >= 0.3 is 0 Å². The molecule has 5 aromatic rings. The Balaban J connectivity index is 1.52. The first-order valence-corrected chi connectivity index (χ1v) is 10.2. The Kier molecular flexibility index (Phi) is 3.61. The van der Waals surface area contributed by atoms with Gasteiger partial charge in [-0.25, -0.2) is 9.97 Å². The lowest BCUT2D eigenvalue weighted by atomic mass is 10.1. The standard InChI is InChI=1S/C24H15N3OS/c1-3-11-20-18(9-1)27(19-10-2-4-12-21(19)28-20)17-8-5-7-16(15-17)24-26-23-22(29-24)13-6-14-25-23/h1-15H. The van der Waals surface area contributed by atoms with Crippen LogP contribution in [0.4, 0.5) is 17.1 Å². The zero-order valence-electron chi connectivity index (χ0n) is 15.3. The lowest BCUT2D eigenvalue weighted by molar-refractivity contribution is 0.477. The Hall–Kier alpha value is -3.70. The van der Waals surface area contributed by atoms with Gasteiger partial charge in [0.15, 0.2) is 17.1 Å². The number of fused-ring (bicyclic) bond motifs is 3. The number of anilines is 3. The van der Waals surface area contributed by atoms with Gasteiger partial charge in [0.25, 0.3) is 0 Å². The largest absolute Gasteiger partial charge is 0.453 e. The number of hydrogen-bond acceptors (Lipinski definition) is 5. The highest BCUT2D eigenvalue weighted by Crippen LogP contribution is 2.50. The van der Waals surface area contributed by atoms with Crippen molar-refractivity contribution >= 4 is 38.7 Å². The molecule has 138 valence electrons. The van der Waals surface area contributed by atoms with E-state index in [-0.39, 0.29) is 0 Å².